The lowest BCUT2D eigenvalue weighted by Crippen LogP contribution is -2.41. The first-order chi connectivity index (χ1) is 13.4. The molecule has 6 nitrogen and oxygen atoms in total. The molecule has 0 saturated carbocycles. The fourth-order valence-corrected chi connectivity index (χ4v) is 4.85. The van der Waals surface area contributed by atoms with E-state index in [0.29, 0.717) is 42.9 Å². The van der Waals surface area contributed by atoms with Gasteiger partial charge in [-0.3, -0.25) is 4.90 Å². The number of halogens is 1. The molecule has 148 valence electrons. The first-order valence-corrected chi connectivity index (χ1v) is 10.7. The van der Waals surface area contributed by atoms with Crippen molar-refractivity contribution in [1.29, 1.82) is 0 Å². The molecule has 2 fully saturated rings. The van der Waals surface area contributed by atoms with Crippen molar-refractivity contribution in [2.24, 2.45) is 0 Å². The average molecular weight is 404 g/mol. The van der Waals surface area contributed by atoms with E-state index < -0.39 is 21.9 Å². The maximum absolute atomic E-state index is 14.7. The van der Waals surface area contributed by atoms with Gasteiger partial charge in [0.2, 0.25) is 10.0 Å². The van der Waals surface area contributed by atoms with E-state index in [9.17, 15) is 17.6 Å². The first kappa shape index (κ1) is 18.9. The van der Waals surface area contributed by atoms with Crippen molar-refractivity contribution >= 4 is 21.8 Å². The summed E-state index contributed by atoms with van der Waals surface area (Å²) in [6.45, 7) is 3.41. The van der Waals surface area contributed by atoms with Crippen LogP contribution in [0.3, 0.4) is 0 Å². The molecule has 2 aromatic carbocycles. The van der Waals surface area contributed by atoms with Gasteiger partial charge < -0.3 is 4.74 Å². The van der Waals surface area contributed by atoms with Crippen LogP contribution in [0.1, 0.15) is 19.8 Å². The van der Waals surface area contributed by atoms with E-state index in [1.165, 1.54) is 27.4 Å². The Balaban J connectivity index is 1.57. The summed E-state index contributed by atoms with van der Waals surface area (Å²) in [4.78, 5) is 13.6. The van der Waals surface area contributed by atoms with Crippen LogP contribution in [-0.2, 0) is 14.8 Å². The maximum Gasteiger partial charge on any atom is 0.414 e. The van der Waals surface area contributed by atoms with Crippen LogP contribution in [0.4, 0.5) is 14.9 Å². The third kappa shape index (κ3) is 3.27. The van der Waals surface area contributed by atoms with Crippen molar-refractivity contribution in [3.05, 3.63) is 48.3 Å². The minimum absolute atomic E-state index is 0.184. The number of rotatable bonds is 5. The molecule has 8 heteroatoms. The smallest absolute Gasteiger partial charge is 0.414 e. The van der Waals surface area contributed by atoms with E-state index in [4.69, 9.17) is 4.74 Å². The molecule has 2 saturated heterocycles. The minimum Gasteiger partial charge on any atom is -0.444 e. The summed E-state index contributed by atoms with van der Waals surface area (Å²) in [5, 5.41) is 0. The van der Waals surface area contributed by atoms with Gasteiger partial charge in [0.25, 0.3) is 0 Å². The number of nitrogens with zero attached hydrogens (tertiary/aromatic N) is 2. The van der Waals surface area contributed by atoms with Crippen molar-refractivity contribution < 1.29 is 22.3 Å². The molecular formula is C20H21FN2O4S. The summed E-state index contributed by atoms with van der Waals surface area (Å²) in [6, 6.07) is 10.8. The van der Waals surface area contributed by atoms with Gasteiger partial charge in [-0.2, -0.15) is 4.31 Å². The van der Waals surface area contributed by atoms with Crippen molar-refractivity contribution in [1.82, 2.24) is 4.31 Å². The van der Waals surface area contributed by atoms with Gasteiger partial charge in [-0.1, -0.05) is 19.1 Å². The van der Waals surface area contributed by atoms with Gasteiger partial charge in [-0.25, -0.2) is 17.6 Å². The Morgan fingerprint density at radius 2 is 1.86 bits per heavy atom. The highest BCUT2D eigenvalue weighted by molar-refractivity contribution is 7.89. The Morgan fingerprint density at radius 3 is 2.39 bits per heavy atom. The summed E-state index contributed by atoms with van der Waals surface area (Å²) in [6.07, 6.45) is 0.921. The maximum atomic E-state index is 14.7. The Labute approximate surface area is 163 Å². The largest absolute Gasteiger partial charge is 0.444 e. The van der Waals surface area contributed by atoms with Crippen LogP contribution in [0, 0.1) is 5.82 Å². The Hall–Kier alpha value is -2.45. The second kappa shape index (κ2) is 7.18. The van der Waals surface area contributed by atoms with E-state index >= 15 is 0 Å². The Morgan fingerprint density at radius 1 is 1.14 bits per heavy atom. The summed E-state index contributed by atoms with van der Waals surface area (Å²) in [7, 11) is -3.46. The molecular weight excluding hydrogens is 383 g/mol. The minimum atomic E-state index is -3.46. The molecule has 0 N–H and O–H groups in total. The second-order valence-electron chi connectivity index (χ2n) is 6.97. The lowest BCUT2D eigenvalue weighted by atomic mass is 10.0. The van der Waals surface area contributed by atoms with Crippen LogP contribution in [0.5, 0.6) is 0 Å². The number of carbonyl (C=O) groups is 1. The van der Waals surface area contributed by atoms with Gasteiger partial charge in [-0.05, 0) is 48.7 Å². The normalized spacial score (nSPS) is 20.1. The van der Waals surface area contributed by atoms with Crippen molar-refractivity contribution in [3.63, 3.8) is 0 Å². The highest BCUT2D eigenvalue weighted by Crippen LogP contribution is 2.30. The molecule has 0 spiro atoms. The number of sulfonamides is 1. The van der Waals surface area contributed by atoms with Crippen LogP contribution in [-0.4, -0.2) is 44.6 Å². The molecule has 1 amide bonds. The predicted octanol–water partition coefficient (Wildman–Crippen LogP) is 3.62. The van der Waals surface area contributed by atoms with Gasteiger partial charge in [0.15, 0.2) is 0 Å². The van der Waals surface area contributed by atoms with Crippen LogP contribution >= 0.6 is 0 Å². The summed E-state index contributed by atoms with van der Waals surface area (Å²) in [5.74, 6) is -0.483. The summed E-state index contributed by atoms with van der Waals surface area (Å²) < 4.78 is 46.2. The standard InChI is InChI=1S/C20H21FN2O4S/c1-2-16-13-23(20(24)27-16)15-6-9-18(19(21)12-15)14-4-7-17(8-5-14)28(25,26)22-10-3-11-22/h4-9,12,16H,2-3,10-11,13H2,1H3/t16-/m0/s1. The number of cyclic esters (lactones) is 1. The van der Waals surface area contributed by atoms with Gasteiger partial charge in [0, 0.05) is 18.7 Å². The van der Waals surface area contributed by atoms with Crippen LogP contribution < -0.4 is 4.90 Å². The van der Waals surface area contributed by atoms with Crippen molar-refractivity contribution in [3.8, 4) is 11.1 Å². The van der Waals surface area contributed by atoms with Gasteiger partial charge in [0.05, 0.1) is 17.1 Å². The molecule has 2 aliphatic heterocycles. The zero-order chi connectivity index (χ0) is 19.9. The lowest BCUT2D eigenvalue weighted by Gasteiger charge is -2.29. The SMILES string of the molecule is CC[C@H]1CN(c2ccc(-c3ccc(S(=O)(=O)N4CCC4)cc3)c(F)c2)C(=O)O1. The zero-order valence-corrected chi connectivity index (χ0v) is 16.3. The molecule has 0 aliphatic carbocycles. The summed E-state index contributed by atoms with van der Waals surface area (Å²) >= 11 is 0. The lowest BCUT2D eigenvalue weighted by molar-refractivity contribution is 0.139. The Bertz CT molecular complexity index is 1000. The molecule has 0 radical (unpaired) electrons. The Kier molecular flexibility index (Phi) is 4.84. The topological polar surface area (TPSA) is 66.9 Å². The van der Waals surface area contributed by atoms with Gasteiger partial charge in [0.1, 0.15) is 11.9 Å². The number of ether oxygens (including phenoxy) is 1. The van der Waals surface area contributed by atoms with E-state index in [2.05, 4.69) is 0 Å². The molecule has 0 unspecified atom stereocenters. The monoisotopic (exact) mass is 404 g/mol. The zero-order valence-electron chi connectivity index (χ0n) is 15.5. The first-order valence-electron chi connectivity index (χ1n) is 9.28. The third-order valence-electron chi connectivity index (χ3n) is 5.21. The highest BCUT2D eigenvalue weighted by atomic mass is 32.2. The molecule has 28 heavy (non-hydrogen) atoms. The molecule has 2 aromatic rings. The quantitative estimate of drug-likeness (QED) is 0.763. The second-order valence-corrected chi connectivity index (χ2v) is 8.91. The van der Waals surface area contributed by atoms with Crippen molar-refractivity contribution in [2.75, 3.05) is 24.5 Å². The van der Waals surface area contributed by atoms with Crippen LogP contribution in [0.2, 0.25) is 0 Å². The number of hydrogen-bond donors (Lipinski definition) is 0. The predicted molar refractivity (Wildman–Crippen MR) is 103 cm³/mol. The van der Waals surface area contributed by atoms with Crippen molar-refractivity contribution in [2.45, 2.75) is 30.8 Å². The van der Waals surface area contributed by atoms with Gasteiger partial charge in [-0.15, -0.1) is 0 Å². The molecule has 0 aromatic heterocycles. The van der Waals surface area contributed by atoms with E-state index in [-0.39, 0.29) is 11.0 Å². The average Bonchev–Trinajstić information content (AvgIpc) is 3.01. The van der Waals surface area contributed by atoms with E-state index in [1.54, 1.807) is 24.3 Å². The number of amides is 1. The number of benzene rings is 2. The van der Waals surface area contributed by atoms with Gasteiger partial charge >= 0.3 is 6.09 Å². The molecule has 1 atom stereocenters. The van der Waals surface area contributed by atoms with E-state index in [1.807, 2.05) is 6.92 Å². The molecule has 2 aliphatic rings. The third-order valence-corrected chi connectivity index (χ3v) is 7.12. The molecule has 4 rings (SSSR count). The fourth-order valence-electron chi connectivity index (χ4n) is 3.33. The summed E-state index contributed by atoms with van der Waals surface area (Å²) in [5.41, 5.74) is 1.36. The van der Waals surface area contributed by atoms with Crippen LogP contribution in [0.15, 0.2) is 47.4 Å². The number of carbonyl (C=O) groups excluding carboxylic acids is 1. The molecule has 0 bridgehead atoms. The molecule has 2 heterocycles. The number of hydrogen-bond acceptors (Lipinski definition) is 4. The highest BCUT2D eigenvalue weighted by Gasteiger charge is 2.32. The van der Waals surface area contributed by atoms with Crippen LogP contribution in [0.25, 0.3) is 11.1 Å². The number of anilines is 1. The van der Waals surface area contributed by atoms with E-state index in [0.717, 1.165) is 6.42 Å². The fraction of sp³-hybridized carbons (Fsp3) is 0.350.